The van der Waals surface area contributed by atoms with Crippen LogP contribution in [0.5, 0.6) is 0 Å². The van der Waals surface area contributed by atoms with Crippen LogP contribution in [0.25, 0.3) is 6.08 Å². The lowest BCUT2D eigenvalue weighted by Crippen LogP contribution is -2.38. The number of morpholine rings is 1. The number of aryl methyl sites for hydroxylation is 1. The molecule has 2 heterocycles. The topological polar surface area (TPSA) is 59.4 Å². The van der Waals surface area contributed by atoms with Crippen molar-refractivity contribution in [2.75, 3.05) is 39.4 Å². The SMILES string of the molecule is Cc1nn(CC(C)C)c(Cl)c1C=CC(=O)NCCCN1CCOCC1. The van der Waals surface area contributed by atoms with Gasteiger partial charge in [0.25, 0.3) is 0 Å². The minimum Gasteiger partial charge on any atom is -0.379 e. The molecule has 1 aromatic heterocycles. The average molecular weight is 369 g/mol. The van der Waals surface area contributed by atoms with Crippen molar-refractivity contribution < 1.29 is 9.53 Å². The number of amides is 1. The van der Waals surface area contributed by atoms with Crippen LogP contribution in [0, 0.1) is 12.8 Å². The Bertz CT molecular complexity index is 592. The van der Waals surface area contributed by atoms with E-state index in [1.807, 2.05) is 6.92 Å². The lowest BCUT2D eigenvalue weighted by atomic mass is 10.2. The summed E-state index contributed by atoms with van der Waals surface area (Å²) in [6, 6.07) is 0. The number of hydrogen-bond acceptors (Lipinski definition) is 4. The zero-order valence-corrected chi connectivity index (χ0v) is 16.2. The van der Waals surface area contributed by atoms with Crippen LogP contribution in [-0.4, -0.2) is 60.0 Å². The van der Waals surface area contributed by atoms with E-state index in [0.717, 1.165) is 57.1 Å². The molecule has 1 aromatic rings. The second kappa shape index (κ2) is 9.94. The van der Waals surface area contributed by atoms with Gasteiger partial charge in [0.15, 0.2) is 0 Å². The van der Waals surface area contributed by atoms with Crippen molar-refractivity contribution in [3.8, 4) is 0 Å². The zero-order chi connectivity index (χ0) is 18.2. The van der Waals surface area contributed by atoms with E-state index in [0.29, 0.717) is 17.6 Å². The van der Waals surface area contributed by atoms with E-state index in [-0.39, 0.29) is 5.91 Å². The summed E-state index contributed by atoms with van der Waals surface area (Å²) in [5.41, 5.74) is 1.65. The Balaban J connectivity index is 1.77. The number of carbonyl (C=O) groups excluding carboxylic acids is 1. The first kappa shape index (κ1) is 19.9. The molecule has 1 N–H and O–H groups in total. The fourth-order valence-corrected chi connectivity index (χ4v) is 3.09. The number of carbonyl (C=O) groups is 1. The maximum Gasteiger partial charge on any atom is 0.244 e. The van der Waals surface area contributed by atoms with Gasteiger partial charge in [0.2, 0.25) is 5.91 Å². The third-order valence-corrected chi connectivity index (χ3v) is 4.50. The highest BCUT2D eigenvalue weighted by molar-refractivity contribution is 6.31. The summed E-state index contributed by atoms with van der Waals surface area (Å²) in [5.74, 6) is 0.359. The van der Waals surface area contributed by atoms with Gasteiger partial charge < -0.3 is 10.1 Å². The molecule has 25 heavy (non-hydrogen) atoms. The van der Waals surface area contributed by atoms with Crippen molar-refractivity contribution in [2.24, 2.45) is 5.92 Å². The lowest BCUT2D eigenvalue weighted by molar-refractivity contribution is -0.116. The molecule has 1 saturated heterocycles. The normalized spacial score (nSPS) is 16.0. The van der Waals surface area contributed by atoms with Gasteiger partial charge in [0.05, 0.1) is 18.9 Å². The molecular weight excluding hydrogens is 340 g/mol. The number of ether oxygens (including phenoxy) is 1. The average Bonchev–Trinajstić information content (AvgIpc) is 2.84. The molecule has 0 unspecified atom stereocenters. The third-order valence-electron chi connectivity index (χ3n) is 4.10. The summed E-state index contributed by atoms with van der Waals surface area (Å²) in [4.78, 5) is 14.3. The van der Waals surface area contributed by atoms with E-state index < -0.39 is 0 Å². The zero-order valence-electron chi connectivity index (χ0n) is 15.4. The van der Waals surface area contributed by atoms with E-state index in [1.165, 1.54) is 6.08 Å². The molecule has 0 bridgehead atoms. The molecule has 0 aliphatic carbocycles. The predicted octanol–water partition coefficient (Wildman–Crippen LogP) is 2.35. The Kier molecular flexibility index (Phi) is 7.93. The van der Waals surface area contributed by atoms with Crippen LogP contribution in [0.3, 0.4) is 0 Å². The Hall–Kier alpha value is -1.37. The van der Waals surface area contributed by atoms with Gasteiger partial charge in [0.1, 0.15) is 5.15 Å². The van der Waals surface area contributed by atoms with Crippen LogP contribution >= 0.6 is 11.6 Å². The van der Waals surface area contributed by atoms with Crippen LogP contribution in [0.15, 0.2) is 6.08 Å². The number of nitrogens with one attached hydrogen (secondary N) is 1. The maximum absolute atomic E-state index is 12.0. The van der Waals surface area contributed by atoms with Gasteiger partial charge in [-0.15, -0.1) is 0 Å². The van der Waals surface area contributed by atoms with Gasteiger partial charge in [-0.3, -0.25) is 14.4 Å². The largest absolute Gasteiger partial charge is 0.379 e. The second-order valence-electron chi connectivity index (χ2n) is 6.80. The first-order valence-corrected chi connectivity index (χ1v) is 9.34. The van der Waals surface area contributed by atoms with E-state index in [1.54, 1.807) is 10.8 Å². The van der Waals surface area contributed by atoms with Crippen molar-refractivity contribution >= 4 is 23.6 Å². The second-order valence-corrected chi connectivity index (χ2v) is 7.16. The molecular formula is C18H29ClN4O2. The Morgan fingerprint density at radius 2 is 2.12 bits per heavy atom. The van der Waals surface area contributed by atoms with Gasteiger partial charge in [-0.05, 0) is 31.9 Å². The summed E-state index contributed by atoms with van der Waals surface area (Å²) < 4.78 is 7.12. The van der Waals surface area contributed by atoms with E-state index in [2.05, 4.69) is 29.2 Å². The molecule has 6 nitrogen and oxygen atoms in total. The fourth-order valence-electron chi connectivity index (χ4n) is 2.78. The number of nitrogens with zero attached hydrogens (tertiary/aromatic N) is 3. The Morgan fingerprint density at radius 3 is 2.80 bits per heavy atom. The van der Waals surface area contributed by atoms with Gasteiger partial charge >= 0.3 is 0 Å². The van der Waals surface area contributed by atoms with Crippen molar-refractivity contribution in [3.05, 3.63) is 22.5 Å². The highest BCUT2D eigenvalue weighted by Crippen LogP contribution is 2.22. The molecule has 7 heteroatoms. The lowest BCUT2D eigenvalue weighted by Gasteiger charge is -2.26. The molecule has 0 radical (unpaired) electrons. The predicted molar refractivity (Wildman–Crippen MR) is 101 cm³/mol. The smallest absolute Gasteiger partial charge is 0.244 e. The van der Waals surface area contributed by atoms with Crippen LogP contribution in [-0.2, 0) is 16.1 Å². The molecule has 140 valence electrons. The first-order valence-electron chi connectivity index (χ1n) is 8.96. The van der Waals surface area contributed by atoms with Crippen molar-refractivity contribution in [1.82, 2.24) is 20.0 Å². The maximum atomic E-state index is 12.0. The molecule has 0 atom stereocenters. The molecule has 0 spiro atoms. The van der Waals surface area contributed by atoms with Gasteiger partial charge in [-0.1, -0.05) is 25.4 Å². The van der Waals surface area contributed by atoms with Crippen molar-refractivity contribution in [3.63, 3.8) is 0 Å². The highest BCUT2D eigenvalue weighted by atomic mass is 35.5. The third kappa shape index (κ3) is 6.45. The Labute approximate surface area is 155 Å². The minimum absolute atomic E-state index is 0.103. The van der Waals surface area contributed by atoms with E-state index in [9.17, 15) is 4.79 Å². The van der Waals surface area contributed by atoms with E-state index >= 15 is 0 Å². The molecule has 1 fully saturated rings. The fraction of sp³-hybridized carbons (Fsp3) is 0.667. The number of aromatic nitrogens is 2. The summed E-state index contributed by atoms with van der Waals surface area (Å²) in [5, 5.41) is 7.94. The number of halogens is 1. The van der Waals surface area contributed by atoms with Crippen LogP contribution < -0.4 is 5.32 Å². The van der Waals surface area contributed by atoms with Gasteiger partial charge in [-0.2, -0.15) is 5.10 Å². The molecule has 0 saturated carbocycles. The monoisotopic (exact) mass is 368 g/mol. The minimum atomic E-state index is -0.103. The van der Waals surface area contributed by atoms with Crippen LogP contribution in [0.4, 0.5) is 0 Å². The quantitative estimate of drug-likeness (QED) is 0.565. The van der Waals surface area contributed by atoms with Crippen molar-refractivity contribution in [2.45, 2.75) is 33.7 Å². The molecule has 1 aliphatic rings. The first-order chi connectivity index (χ1) is 12.0. The van der Waals surface area contributed by atoms with Crippen LogP contribution in [0.1, 0.15) is 31.5 Å². The summed E-state index contributed by atoms with van der Waals surface area (Å²) in [6.07, 6.45) is 4.22. The summed E-state index contributed by atoms with van der Waals surface area (Å²) in [7, 11) is 0. The standard InChI is InChI=1S/C18H29ClN4O2/c1-14(2)13-23-18(19)16(15(3)21-23)5-6-17(24)20-7-4-8-22-9-11-25-12-10-22/h5-6,14H,4,7-13H2,1-3H3,(H,20,24). The van der Waals surface area contributed by atoms with Gasteiger partial charge in [0, 0.05) is 37.8 Å². The molecule has 1 aliphatic heterocycles. The summed E-state index contributed by atoms with van der Waals surface area (Å²) in [6.45, 7) is 12.1. The summed E-state index contributed by atoms with van der Waals surface area (Å²) >= 11 is 6.37. The molecule has 1 amide bonds. The van der Waals surface area contributed by atoms with E-state index in [4.69, 9.17) is 16.3 Å². The highest BCUT2D eigenvalue weighted by Gasteiger charge is 2.12. The number of hydrogen-bond donors (Lipinski definition) is 1. The number of rotatable bonds is 8. The molecule has 0 aromatic carbocycles. The Morgan fingerprint density at radius 1 is 1.40 bits per heavy atom. The van der Waals surface area contributed by atoms with Crippen molar-refractivity contribution in [1.29, 1.82) is 0 Å². The van der Waals surface area contributed by atoms with Crippen LogP contribution in [0.2, 0.25) is 5.15 Å². The van der Waals surface area contributed by atoms with Gasteiger partial charge in [-0.25, -0.2) is 0 Å². The molecule has 2 rings (SSSR count).